The number of thioether (sulfide) groups is 2. The first kappa shape index (κ1) is 14.2. The van der Waals surface area contributed by atoms with Crippen molar-refractivity contribution < 1.29 is 9.59 Å². The zero-order valence-corrected chi connectivity index (χ0v) is 13.2. The molecular formula is C11H14N4O2S3. The lowest BCUT2D eigenvalue weighted by Gasteiger charge is -2.31. The van der Waals surface area contributed by atoms with Crippen molar-refractivity contribution in [3.63, 3.8) is 0 Å². The predicted molar refractivity (Wildman–Crippen MR) is 81.1 cm³/mol. The molecule has 1 aromatic heterocycles. The summed E-state index contributed by atoms with van der Waals surface area (Å²) in [5.74, 6) is 3.17. The molecule has 0 radical (unpaired) electrons. The molecular weight excluding hydrogens is 316 g/mol. The Balaban J connectivity index is 1.71. The summed E-state index contributed by atoms with van der Waals surface area (Å²) >= 11 is 4.57. The molecule has 1 aromatic rings. The zero-order chi connectivity index (χ0) is 13.9. The number of nitrogens with zero attached hydrogens (tertiary/aromatic N) is 4. The summed E-state index contributed by atoms with van der Waals surface area (Å²) in [4.78, 5) is 29.0. The van der Waals surface area contributed by atoms with Crippen LogP contribution in [0.3, 0.4) is 0 Å². The topological polar surface area (TPSA) is 66.4 Å². The van der Waals surface area contributed by atoms with Gasteiger partial charge in [-0.1, -0.05) is 4.49 Å². The van der Waals surface area contributed by atoms with Gasteiger partial charge >= 0.3 is 0 Å². The smallest absolute Gasteiger partial charge is 0.268 e. The molecule has 20 heavy (non-hydrogen) atoms. The van der Waals surface area contributed by atoms with E-state index in [1.54, 1.807) is 16.7 Å². The molecule has 0 bridgehead atoms. The fourth-order valence-electron chi connectivity index (χ4n) is 2.24. The van der Waals surface area contributed by atoms with Gasteiger partial charge in [0, 0.05) is 30.3 Å². The number of amides is 2. The molecule has 2 aliphatic rings. The van der Waals surface area contributed by atoms with Crippen LogP contribution in [-0.2, 0) is 4.79 Å². The van der Waals surface area contributed by atoms with Crippen molar-refractivity contribution in [1.29, 1.82) is 0 Å². The Labute approximate surface area is 129 Å². The van der Waals surface area contributed by atoms with E-state index in [1.165, 1.54) is 6.20 Å². The quantitative estimate of drug-likeness (QED) is 0.792. The third kappa shape index (κ3) is 2.79. The van der Waals surface area contributed by atoms with Gasteiger partial charge in [0.15, 0.2) is 0 Å². The minimum Gasteiger partial charge on any atom is -0.339 e. The molecule has 0 aliphatic carbocycles. The molecule has 3 heterocycles. The first-order valence-electron chi connectivity index (χ1n) is 6.30. The van der Waals surface area contributed by atoms with E-state index >= 15 is 0 Å². The first-order chi connectivity index (χ1) is 9.77. The molecule has 0 aromatic carbocycles. The van der Waals surface area contributed by atoms with Crippen LogP contribution in [0.15, 0.2) is 6.20 Å². The van der Waals surface area contributed by atoms with E-state index in [4.69, 9.17) is 0 Å². The van der Waals surface area contributed by atoms with Crippen LogP contribution in [0.1, 0.15) is 9.67 Å². The fourth-order valence-corrected chi connectivity index (χ4v) is 4.76. The van der Waals surface area contributed by atoms with E-state index in [-0.39, 0.29) is 17.9 Å². The maximum absolute atomic E-state index is 12.6. The van der Waals surface area contributed by atoms with Crippen molar-refractivity contribution in [2.24, 2.45) is 0 Å². The van der Waals surface area contributed by atoms with Crippen LogP contribution in [0, 0.1) is 0 Å². The van der Waals surface area contributed by atoms with Gasteiger partial charge < -0.3 is 9.80 Å². The Morgan fingerprint density at radius 3 is 2.75 bits per heavy atom. The molecule has 2 fully saturated rings. The van der Waals surface area contributed by atoms with Crippen LogP contribution >= 0.6 is 35.1 Å². The molecule has 0 saturated carbocycles. The maximum Gasteiger partial charge on any atom is 0.268 e. The van der Waals surface area contributed by atoms with Gasteiger partial charge in [-0.05, 0) is 11.5 Å². The average molecular weight is 330 g/mol. The Bertz CT molecular complexity index is 490. The van der Waals surface area contributed by atoms with Gasteiger partial charge in [-0.3, -0.25) is 9.59 Å². The van der Waals surface area contributed by atoms with E-state index in [0.29, 0.717) is 16.5 Å². The van der Waals surface area contributed by atoms with Gasteiger partial charge in [-0.25, -0.2) is 0 Å². The van der Waals surface area contributed by atoms with Crippen LogP contribution in [-0.4, -0.2) is 73.5 Å². The number of hydrogen-bond donors (Lipinski definition) is 0. The summed E-state index contributed by atoms with van der Waals surface area (Å²) in [6.45, 7) is 1.57. The Morgan fingerprint density at radius 1 is 1.25 bits per heavy atom. The second-order valence-corrected chi connectivity index (χ2v) is 7.52. The van der Waals surface area contributed by atoms with E-state index < -0.39 is 0 Å². The lowest BCUT2D eigenvalue weighted by atomic mass is 10.2. The largest absolute Gasteiger partial charge is 0.339 e. The minimum atomic E-state index is -0.335. The Hall–Kier alpha value is -0.800. The van der Waals surface area contributed by atoms with Gasteiger partial charge in [-0.15, -0.1) is 16.9 Å². The SMILES string of the molecule is O=C(C1CSCN1C(=O)c1cnns1)N1CCSCC1. The van der Waals surface area contributed by atoms with Crippen molar-refractivity contribution in [3.8, 4) is 0 Å². The summed E-state index contributed by atoms with van der Waals surface area (Å²) in [5, 5.41) is 3.69. The van der Waals surface area contributed by atoms with Crippen LogP contribution in [0.5, 0.6) is 0 Å². The molecule has 2 aliphatic heterocycles. The van der Waals surface area contributed by atoms with Crippen molar-refractivity contribution in [3.05, 3.63) is 11.1 Å². The third-order valence-electron chi connectivity index (χ3n) is 3.32. The number of carbonyl (C=O) groups is 2. The highest BCUT2D eigenvalue weighted by Crippen LogP contribution is 2.26. The first-order valence-corrected chi connectivity index (χ1v) is 9.38. The third-order valence-corrected chi connectivity index (χ3v) is 5.93. The van der Waals surface area contributed by atoms with Gasteiger partial charge in [0.1, 0.15) is 10.9 Å². The molecule has 2 amide bonds. The molecule has 3 rings (SSSR count). The Kier molecular flexibility index (Phi) is 4.47. The molecule has 0 spiro atoms. The van der Waals surface area contributed by atoms with Crippen LogP contribution < -0.4 is 0 Å². The summed E-state index contributed by atoms with van der Waals surface area (Å²) in [7, 11) is 0. The van der Waals surface area contributed by atoms with E-state index in [0.717, 1.165) is 36.1 Å². The summed E-state index contributed by atoms with van der Waals surface area (Å²) in [6.07, 6.45) is 1.47. The van der Waals surface area contributed by atoms with E-state index in [2.05, 4.69) is 9.59 Å². The lowest BCUT2D eigenvalue weighted by Crippen LogP contribution is -2.51. The molecule has 6 nitrogen and oxygen atoms in total. The van der Waals surface area contributed by atoms with Crippen LogP contribution in [0.25, 0.3) is 0 Å². The highest BCUT2D eigenvalue weighted by molar-refractivity contribution is 7.99. The van der Waals surface area contributed by atoms with Gasteiger partial charge in [0.25, 0.3) is 5.91 Å². The van der Waals surface area contributed by atoms with Crippen molar-refractivity contribution in [2.75, 3.05) is 36.2 Å². The fraction of sp³-hybridized carbons (Fsp3) is 0.636. The standard InChI is InChI=1S/C11H14N4O2S3/c16-10(14-1-3-18-4-2-14)8-6-19-7-15(8)11(17)9-5-12-13-20-9/h5,8H,1-4,6-7H2. The lowest BCUT2D eigenvalue weighted by molar-refractivity contribution is -0.134. The summed E-state index contributed by atoms with van der Waals surface area (Å²) in [5.41, 5.74) is 0. The summed E-state index contributed by atoms with van der Waals surface area (Å²) in [6, 6.07) is -0.335. The van der Waals surface area contributed by atoms with Crippen molar-refractivity contribution in [2.45, 2.75) is 6.04 Å². The molecule has 108 valence electrons. The second kappa shape index (κ2) is 6.31. The normalized spacial score (nSPS) is 23.1. The maximum atomic E-state index is 12.6. The molecule has 0 N–H and O–H groups in total. The predicted octanol–water partition coefficient (Wildman–Crippen LogP) is 0.629. The molecule has 9 heteroatoms. The highest BCUT2D eigenvalue weighted by Gasteiger charge is 2.38. The van der Waals surface area contributed by atoms with Crippen molar-refractivity contribution in [1.82, 2.24) is 19.4 Å². The van der Waals surface area contributed by atoms with Gasteiger partial charge in [0.2, 0.25) is 5.91 Å². The molecule has 1 atom stereocenters. The number of rotatable bonds is 2. The number of hydrogen-bond acceptors (Lipinski definition) is 7. The second-order valence-electron chi connectivity index (χ2n) is 4.51. The molecule has 1 unspecified atom stereocenters. The molecule has 2 saturated heterocycles. The van der Waals surface area contributed by atoms with Crippen LogP contribution in [0.4, 0.5) is 0 Å². The van der Waals surface area contributed by atoms with Gasteiger partial charge in [0.05, 0.1) is 12.1 Å². The van der Waals surface area contributed by atoms with E-state index in [1.807, 2.05) is 16.7 Å². The van der Waals surface area contributed by atoms with Crippen LogP contribution in [0.2, 0.25) is 0 Å². The van der Waals surface area contributed by atoms with Gasteiger partial charge in [-0.2, -0.15) is 11.8 Å². The van der Waals surface area contributed by atoms with E-state index in [9.17, 15) is 9.59 Å². The highest BCUT2D eigenvalue weighted by atomic mass is 32.2. The zero-order valence-electron chi connectivity index (χ0n) is 10.7. The van der Waals surface area contributed by atoms with Crippen molar-refractivity contribution >= 4 is 46.9 Å². The monoisotopic (exact) mass is 330 g/mol. The average Bonchev–Trinajstić information content (AvgIpc) is 3.18. The number of carbonyl (C=O) groups excluding carboxylic acids is 2. The minimum absolute atomic E-state index is 0.0844. The number of aromatic nitrogens is 2. The Morgan fingerprint density at radius 2 is 2.05 bits per heavy atom. The summed E-state index contributed by atoms with van der Waals surface area (Å²) < 4.78 is 3.71.